The van der Waals surface area contributed by atoms with Crippen molar-refractivity contribution in [2.45, 2.75) is 58.1 Å². The average Bonchev–Trinajstić information content (AvgIpc) is 2.98. The Hall–Kier alpha value is -1.49. The number of aryl methyl sites for hydroxylation is 2. The zero-order valence-electron chi connectivity index (χ0n) is 12.2. The van der Waals surface area contributed by atoms with Crippen LogP contribution in [-0.2, 0) is 0 Å². The molecule has 0 bridgehead atoms. The smallest absolute Gasteiger partial charge is 0.315 e. The summed E-state index contributed by atoms with van der Waals surface area (Å²) in [5, 5.41) is 15.8. The Balaban J connectivity index is 1.69. The molecule has 0 radical (unpaired) electrons. The van der Waals surface area contributed by atoms with Crippen LogP contribution in [0.25, 0.3) is 0 Å². The molecule has 3 N–H and O–H groups in total. The molecule has 0 spiro atoms. The fourth-order valence-corrected chi connectivity index (χ4v) is 2.77. The van der Waals surface area contributed by atoms with Crippen molar-refractivity contribution >= 4 is 6.03 Å². The third-order valence-corrected chi connectivity index (χ3v) is 3.83. The maximum atomic E-state index is 11.7. The van der Waals surface area contributed by atoms with Crippen LogP contribution in [-0.4, -0.2) is 23.7 Å². The van der Waals surface area contributed by atoms with E-state index in [1.165, 1.54) is 12.8 Å². The van der Waals surface area contributed by atoms with Crippen molar-refractivity contribution in [3.05, 3.63) is 23.2 Å². The minimum Gasteiger partial charge on any atom is -0.466 e. The molecular formula is C15H24N2O3. The van der Waals surface area contributed by atoms with Crippen LogP contribution in [0.3, 0.4) is 0 Å². The molecule has 1 atom stereocenters. The minimum absolute atomic E-state index is 0.135. The van der Waals surface area contributed by atoms with E-state index in [1.807, 2.05) is 19.9 Å². The number of rotatable bonds is 5. The molecule has 1 fully saturated rings. The van der Waals surface area contributed by atoms with Gasteiger partial charge in [-0.25, -0.2) is 4.79 Å². The number of carbonyl (C=O) groups excluding carboxylic acids is 1. The SMILES string of the molecule is Cc1cc([C@H](O)CCNC(=O)NC2CCCC2)c(C)o1. The molecule has 0 aliphatic heterocycles. The fraction of sp³-hybridized carbons (Fsp3) is 0.667. The summed E-state index contributed by atoms with van der Waals surface area (Å²) < 4.78 is 5.39. The van der Waals surface area contributed by atoms with Gasteiger partial charge < -0.3 is 20.2 Å². The Bertz CT molecular complexity index is 450. The van der Waals surface area contributed by atoms with Gasteiger partial charge in [-0.15, -0.1) is 0 Å². The minimum atomic E-state index is -0.598. The first kappa shape index (κ1) is 14.9. The first-order chi connectivity index (χ1) is 9.56. The molecule has 2 rings (SSSR count). The highest BCUT2D eigenvalue weighted by Gasteiger charge is 2.18. The lowest BCUT2D eigenvalue weighted by molar-refractivity contribution is 0.165. The Morgan fingerprint density at radius 3 is 2.75 bits per heavy atom. The summed E-state index contributed by atoms with van der Waals surface area (Å²) in [6, 6.07) is 2.03. The van der Waals surface area contributed by atoms with Gasteiger partial charge in [-0.2, -0.15) is 0 Å². The molecule has 0 aromatic carbocycles. The van der Waals surface area contributed by atoms with Crippen LogP contribution in [0.4, 0.5) is 4.79 Å². The summed E-state index contributed by atoms with van der Waals surface area (Å²) in [6.45, 7) is 4.14. The zero-order chi connectivity index (χ0) is 14.5. The first-order valence-electron chi connectivity index (χ1n) is 7.35. The molecule has 0 unspecified atom stereocenters. The lowest BCUT2D eigenvalue weighted by Crippen LogP contribution is -2.41. The van der Waals surface area contributed by atoms with Crippen molar-refractivity contribution in [3.8, 4) is 0 Å². The van der Waals surface area contributed by atoms with Crippen LogP contribution in [0.5, 0.6) is 0 Å². The number of aliphatic hydroxyl groups excluding tert-OH is 1. The van der Waals surface area contributed by atoms with Gasteiger partial charge >= 0.3 is 6.03 Å². The van der Waals surface area contributed by atoms with Crippen LogP contribution in [0.1, 0.15) is 55.3 Å². The van der Waals surface area contributed by atoms with E-state index in [4.69, 9.17) is 4.42 Å². The molecule has 0 saturated heterocycles. The summed E-state index contributed by atoms with van der Waals surface area (Å²) in [5.41, 5.74) is 0.806. The molecule has 1 aliphatic rings. The molecule has 1 heterocycles. The summed E-state index contributed by atoms with van der Waals surface area (Å²) >= 11 is 0. The molecule has 1 aromatic rings. The van der Waals surface area contributed by atoms with Gasteiger partial charge in [-0.1, -0.05) is 12.8 Å². The normalized spacial score (nSPS) is 17.1. The van der Waals surface area contributed by atoms with Gasteiger partial charge in [0.2, 0.25) is 0 Å². The van der Waals surface area contributed by atoms with Gasteiger partial charge in [0.15, 0.2) is 0 Å². The fourth-order valence-electron chi connectivity index (χ4n) is 2.77. The largest absolute Gasteiger partial charge is 0.466 e. The third-order valence-electron chi connectivity index (χ3n) is 3.83. The van der Waals surface area contributed by atoms with E-state index in [0.717, 1.165) is 29.9 Å². The molecule has 112 valence electrons. The maximum absolute atomic E-state index is 11.7. The molecule has 5 nitrogen and oxygen atoms in total. The van der Waals surface area contributed by atoms with Gasteiger partial charge in [-0.05, 0) is 39.2 Å². The van der Waals surface area contributed by atoms with Crippen molar-refractivity contribution in [1.82, 2.24) is 10.6 Å². The number of hydrogen-bond donors (Lipinski definition) is 3. The molecular weight excluding hydrogens is 256 g/mol. The summed E-state index contributed by atoms with van der Waals surface area (Å²) in [4.78, 5) is 11.7. The Kier molecular flexibility index (Phi) is 5.06. The van der Waals surface area contributed by atoms with Crippen molar-refractivity contribution < 1.29 is 14.3 Å². The number of nitrogens with one attached hydrogen (secondary N) is 2. The number of furan rings is 1. The van der Waals surface area contributed by atoms with Crippen LogP contribution >= 0.6 is 0 Å². The monoisotopic (exact) mass is 280 g/mol. The van der Waals surface area contributed by atoms with Gasteiger partial charge in [-0.3, -0.25) is 0 Å². The van der Waals surface area contributed by atoms with E-state index in [1.54, 1.807) is 0 Å². The molecule has 20 heavy (non-hydrogen) atoms. The molecule has 5 heteroatoms. The third kappa shape index (κ3) is 4.00. The van der Waals surface area contributed by atoms with Gasteiger partial charge in [0.25, 0.3) is 0 Å². The topological polar surface area (TPSA) is 74.5 Å². The molecule has 1 aromatic heterocycles. The van der Waals surface area contributed by atoms with Crippen LogP contribution in [0.15, 0.2) is 10.5 Å². The lowest BCUT2D eigenvalue weighted by atomic mass is 10.1. The highest BCUT2D eigenvalue weighted by Crippen LogP contribution is 2.23. The van der Waals surface area contributed by atoms with Crippen molar-refractivity contribution in [2.75, 3.05) is 6.54 Å². The summed E-state index contributed by atoms with van der Waals surface area (Å²) in [6.07, 6.45) is 4.43. The second kappa shape index (κ2) is 6.79. The highest BCUT2D eigenvalue weighted by molar-refractivity contribution is 5.74. The van der Waals surface area contributed by atoms with Crippen LogP contribution in [0.2, 0.25) is 0 Å². The number of aliphatic hydroxyl groups is 1. The van der Waals surface area contributed by atoms with E-state index in [9.17, 15) is 9.90 Å². The Morgan fingerprint density at radius 2 is 2.15 bits per heavy atom. The predicted molar refractivity (Wildman–Crippen MR) is 76.5 cm³/mol. The maximum Gasteiger partial charge on any atom is 0.315 e. The second-order valence-corrected chi connectivity index (χ2v) is 5.55. The summed E-state index contributed by atoms with van der Waals surface area (Å²) in [5.74, 6) is 1.54. The van der Waals surface area contributed by atoms with E-state index >= 15 is 0 Å². The van der Waals surface area contributed by atoms with Crippen molar-refractivity contribution in [2.24, 2.45) is 0 Å². The van der Waals surface area contributed by atoms with E-state index < -0.39 is 6.10 Å². The van der Waals surface area contributed by atoms with Crippen LogP contribution < -0.4 is 10.6 Å². The Morgan fingerprint density at radius 1 is 1.45 bits per heavy atom. The lowest BCUT2D eigenvalue weighted by Gasteiger charge is -2.14. The zero-order valence-corrected chi connectivity index (χ0v) is 12.2. The molecule has 2 amide bonds. The number of urea groups is 1. The van der Waals surface area contributed by atoms with Crippen molar-refractivity contribution in [3.63, 3.8) is 0 Å². The van der Waals surface area contributed by atoms with E-state index in [0.29, 0.717) is 19.0 Å². The number of carbonyl (C=O) groups is 1. The van der Waals surface area contributed by atoms with Gasteiger partial charge in [0.1, 0.15) is 11.5 Å². The molecule has 1 aliphatic carbocycles. The molecule has 1 saturated carbocycles. The first-order valence-corrected chi connectivity index (χ1v) is 7.35. The predicted octanol–water partition coefficient (Wildman–Crippen LogP) is 2.56. The standard InChI is InChI=1S/C15H24N2O3/c1-10-9-13(11(2)20-10)14(18)7-8-16-15(19)17-12-5-3-4-6-12/h9,12,14,18H,3-8H2,1-2H3,(H2,16,17,19)/t14-/m1/s1. The average molecular weight is 280 g/mol. The van der Waals surface area contributed by atoms with E-state index in [2.05, 4.69) is 10.6 Å². The quantitative estimate of drug-likeness (QED) is 0.776. The van der Waals surface area contributed by atoms with Gasteiger partial charge in [0.05, 0.1) is 6.10 Å². The van der Waals surface area contributed by atoms with Crippen molar-refractivity contribution in [1.29, 1.82) is 0 Å². The highest BCUT2D eigenvalue weighted by atomic mass is 16.3. The van der Waals surface area contributed by atoms with Crippen LogP contribution in [0, 0.1) is 13.8 Å². The van der Waals surface area contributed by atoms with Gasteiger partial charge in [0, 0.05) is 18.2 Å². The number of hydrogen-bond acceptors (Lipinski definition) is 3. The summed E-state index contributed by atoms with van der Waals surface area (Å²) in [7, 11) is 0. The van der Waals surface area contributed by atoms with E-state index in [-0.39, 0.29) is 6.03 Å². The second-order valence-electron chi connectivity index (χ2n) is 5.55. The number of amides is 2. The Labute approximate surface area is 119 Å².